The Morgan fingerprint density at radius 2 is 1.09 bits per heavy atom. The third-order valence-corrected chi connectivity index (χ3v) is 7.63. The van der Waals surface area contributed by atoms with Gasteiger partial charge in [0.2, 0.25) is 11.8 Å². The number of para-hydroxylation sites is 2. The van der Waals surface area contributed by atoms with E-state index >= 15 is 0 Å². The van der Waals surface area contributed by atoms with Crippen molar-refractivity contribution in [2.45, 2.75) is 34.1 Å². The fourth-order valence-electron chi connectivity index (χ4n) is 5.82. The minimum Gasteiger partial charge on any atom is -0.508 e. The summed E-state index contributed by atoms with van der Waals surface area (Å²) in [6, 6.07) is 40.2. The Hall–Kier alpha value is -5.16. The molecule has 0 saturated carbocycles. The zero-order valence-electron chi connectivity index (χ0n) is 25.6. The van der Waals surface area contributed by atoms with E-state index in [2.05, 4.69) is 103 Å². The lowest BCUT2D eigenvalue weighted by Crippen LogP contribution is -1.93. The Morgan fingerprint density at radius 1 is 0.568 bits per heavy atom. The average molecular weight is 580 g/mol. The largest absolute Gasteiger partial charge is 0.508 e. The number of rotatable bonds is 6. The van der Waals surface area contributed by atoms with Gasteiger partial charge in [0.15, 0.2) is 0 Å². The SMILES string of the molecule is CC(C)CC(C)C.Oc1ccc(-c2ccc(-c3nnc(-c4ccc5c(c4)c4ccccc4n5-c4ccccc4)o3)cc2)cc1. The lowest BCUT2D eigenvalue weighted by molar-refractivity contribution is 0.469. The second kappa shape index (κ2) is 12.6. The maximum absolute atomic E-state index is 9.53. The van der Waals surface area contributed by atoms with Crippen molar-refractivity contribution in [3.8, 4) is 45.5 Å². The van der Waals surface area contributed by atoms with Gasteiger partial charge in [-0.2, -0.15) is 0 Å². The number of hydrogen-bond donors (Lipinski definition) is 1. The molecule has 0 radical (unpaired) electrons. The number of fused-ring (bicyclic) bond motifs is 3. The van der Waals surface area contributed by atoms with Crippen LogP contribution in [0, 0.1) is 11.8 Å². The number of nitrogens with zero attached hydrogens (tertiary/aromatic N) is 3. The smallest absolute Gasteiger partial charge is 0.248 e. The van der Waals surface area contributed by atoms with Crippen molar-refractivity contribution in [3.05, 3.63) is 121 Å². The summed E-state index contributed by atoms with van der Waals surface area (Å²) in [4.78, 5) is 0. The summed E-state index contributed by atoms with van der Waals surface area (Å²) in [5, 5.41) is 20.5. The lowest BCUT2D eigenvalue weighted by Gasteiger charge is -2.07. The monoisotopic (exact) mass is 579 g/mol. The molecule has 5 aromatic carbocycles. The third kappa shape index (κ3) is 6.13. The molecule has 0 unspecified atom stereocenters. The van der Waals surface area contributed by atoms with Crippen LogP contribution in [0.25, 0.3) is 61.5 Å². The van der Waals surface area contributed by atoms with Gasteiger partial charge in [0.05, 0.1) is 11.0 Å². The second-order valence-electron chi connectivity index (χ2n) is 12.0. The van der Waals surface area contributed by atoms with E-state index in [1.54, 1.807) is 12.1 Å². The Morgan fingerprint density at radius 3 is 1.73 bits per heavy atom. The number of aromatic nitrogens is 3. The molecule has 44 heavy (non-hydrogen) atoms. The standard InChI is InChI=1S/C32H21N3O2.C7H16/c36-26-17-14-22(15-18-26)21-10-12-23(13-11-21)31-33-34-32(37-31)24-16-19-30-28(20-24)27-8-4-5-9-29(27)35(30)25-6-2-1-3-7-25;1-6(2)5-7(3)4/h1-20,36H;6-7H,5H2,1-4H3. The molecule has 220 valence electrons. The molecule has 0 atom stereocenters. The van der Waals surface area contributed by atoms with Crippen molar-refractivity contribution in [1.82, 2.24) is 14.8 Å². The molecule has 7 aromatic rings. The molecule has 0 amide bonds. The summed E-state index contributed by atoms with van der Waals surface area (Å²) >= 11 is 0. The summed E-state index contributed by atoms with van der Waals surface area (Å²) in [5.74, 6) is 2.96. The van der Waals surface area contributed by atoms with E-state index in [1.165, 1.54) is 11.8 Å². The van der Waals surface area contributed by atoms with Crippen LogP contribution in [0.3, 0.4) is 0 Å². The Balaban J connectivity index is 0.000000441. The summed E-state index contributed by atoms with van der Waals surface area (Å²) in [6.07, 6.45) is 1.36. The highest BCUT2D eigenvalue weighted by Crippen LogP contribution is 2.35. The molecule has 2 heterocycles. The maximum Gasteiger partial charge on any atom is 0.248 e. The molecular weight excluding hydrogens is 542 g/mol. The first-order valence-corrected chi connectivity index (χ1v) is 15.2. The lowest BCUT2D eigenvalue weighted by atomic mass is 10.0. The first kappa shape index (κ1) is 28.9. The third-order valence-electron chi connectivity index (χ3n) is 7.63. The Labute approximate surface area is 258 Å². The van der Waals surface area contributed by atoms with Crippen molar-refractivity contribution < 1.29 is 9.52 Å². The highest BCUT2D eigenvalue weighted by Gasteiger charge is 2.16. The first-order chi connectivity index (χ1) is 21.4. The molecular formula is C39H37N3O2. The van der Waals surface area contributed by atoms with Crippen LogP contribution < -0.4 is 0 Å². The molecule has 5 heteroatoms. The number of phenolic OH excluding ortho intramolecular Hbond substituents is 1. The number of benzene rings is 5. The Kier molecular flexibility index (Phi) is 8.29. The van der Waals surface area contributed by atoms with Gasteiger partial charge in [-0.05, 0) is 90.0 Å². The van der Waals surface area contributed by atoms with E-state index in [0.29, 0.717) is 11.8 Å². The molecule has 0 spiro atoms. The van der Waals surface area contributed by atoms with Gasteiger partial charge in [-0.1, -0.05) is 88.4 Å². The second-order valence-corrected chi connectivity index (χ2v) is 12.0. The average Bonchev–Trinajstić information content (AvgIpc) is 3.65. The van der Waals surface area contributed by atoms with Crippen molar-refractivity contribution in [2.75, 3.05) is 0 Å². The van der Waals surface area contributed by atoms with Crippen LogP contribution in [-0.2, 0) is 0 Å². The molecule has 0 saturated heterocycles. The summed E-state index contributed by atoms with van der Waals surface area (Å²) in [7, 11) is 0. The van der Waals surface area contributed by atoms with E-state index < -0.39 is 0 Å². The maximum atomic E-state index is 9.53. The van der Waals surface area contributed by atoms with Crippen LogP contribution in [0.15, 0.2) is 126 Å². The molecule has 5 nitrogen and oxygen atoms in total. The van der Waals surface area contributed by atoms with Gasteiger partial charge in [-0.15, -0.1) is 10.2 Å². The zero-order chi connectivity index (χ0) is 30.6. The van der Waals surface area contributed by atoms with Crippen LogP contribution >= 0.6 is 0 Å². The molecule has 2 aromatic heterocycles. The molecule has 0 aliphatic carbocycles. The zero-order valence-corrected chi connectivity index (χ0v) is 25.6. The summed E-state index contributed by atoms with van der Waals surface area (Å²) in [6.45, 7) is 9.06. The predicted molar refractivity (Wildman–Crippen MR) is 181 cm³/mol. The first-order valence-electron chi connectivity index (χ1n) is 15.2. The van der Waals surface area contributed by atoms with Gasteiger partial charge in [-0.3, -0.25) is 0 Å². The van der Waals surface area contributed by atoms with Gasteiger partial charge in [0.1, 0.15) is 5.75 Å². The van der Waals surface area contributed by atoms with Crippen LogP contribution in [-0.4, -0.2) is 19.9 Å². The molecule has 0 bridgehead atoms. The summed E-state index contributed by atoms with van der Waals surface area (Å²) in [5.41, 5.74) is 7.20. The van der Waals surface area contributed by atoms with E-state index in [1.807, 2.05) is 48.5 Å². The van der Waals surface area contributed by atoms with Crippen LogP contribution in [0.2, 0.25) is 0 Å². The van der Waals surface area contributed by atoms with Crippen molar-refractivity contribution in [1.29, 1.82) is 0 Å². The van der Waals surface area contributed by atoms with Crippen LogP contribution in [0.1, 0.15) is 34.1 Å². The van der Waals surface area contributed by atoms with Gasteiger partial charge in [0.25, 0.3) is 0 Å². The van der Waals surface area contributed by atoms with Gasteiger partial charge >= 0.3 is 0 Å². The van der Waals surface area contributed by atoms with Crippen LogP contribution in [0.5, 0.6) is 5.75 Å². The number of hydrogen-bond acceptors (Lipinski definition) is 4. The van der Waals surface area contributed by atoms with E-state index in [-0.39, 0.29) is 5.75 Å². The highest BCUT2D eigenvalue weighted by molar-refractivity contribution is 6.10. The van der Waals surface area contributed by atoms with E-state index in [9.17, 15) is 5.11 Å². The molecule has 1 N–H and O–H groups in total. The van der Waals surface area contributed by atoms with Crippen molar-refractivity contribution >= 4 is 21.8 Å². The fraction of sp³-hybridized carbons (Fsp3) is 0.179. The topological polar surface area (TPSA) is 64.1 Å². The van der Waals surface area contributed by atoms with Gasteiger partial charge in [-0.25, -0.2) is 0 Å². The van der Waals surface area contributed by atoms with E-state index in [4.69, 9.17) is 4.42 Å². The minimum atomic E-state index is 0.251. The number of phenols is 1. The van der Waals surface area contributed by atoms with Crippen LogP contribution in [0.4, 0.5) is 0 Å². The molecule has 0 aliphatic heterocycles. The normalized spacial score (nSPS) is 11.3. The van der Waals surface area contributed by atoms with Gasteiger partial charge in [0, 0.05) is 27.6 Å². The highest BCUT2D eigenvalue weighted by atomic mass is 16.4. The van der Waals surface area contributed by atoms with Gasteiger partial charge < -0.3 is 14.1 Å². The molecule has 7 rings (SSSR count). The molecule has 0 fully saturated rings. The van der Waals surface area contributed by atoms with Crippen molar-refractivity contribution in [2.24, 2.45) is 11.8 Å². The predicted octanol–water partition coefficient (Wildman–Crippen LogP) is 10.6. The molecule has 0 aliphatic rings. The Bertz CT molecular complexity index is 1980. The van der Waals surface area contributed by atoms with E-state index in [0.717, 1.165) is 56.2 Å². The minimum absolute atomic E-state index is 0.251. The quantitative estimate of drug-likeness (QED) is 0.213. The van der Waals surface area contributed by atoms with Crippen molar-refractivity contribution in [3.63, 3.8) is 0 Å². The fourth-order valence-corrected chi connectivity index (χ4v) is 5.82. The number of aromatic hydroxyl groups is 1. The summed E-state index contributed by atoms with van der Waals surface area (Å²) < 4.78 is 8.39.